The molecule has 0 bridgehead atoms. The summed E-state index contributed by atoms with van der Waals surface area (Å²) in [6.07, 6.45) is 25.2. The second-order valence-corrected chi connectivity index (χ2v) is 9.01. The normalized spacial score (nSPS) is 11.3. The molecule has 0 radical (unpaired) electrons. The highest BCUT2D eigenvalue weighted by Crippen LogP contribution is 2.13. The fourth-order valence-corrected chi connectivity index (χ4v) is 4.39. The van der Waals surface area contributed by atoms with Crippen LogP contribution in [0, 0.1) is 0 Å². The van der Waals surface area contributed by atoms with Crippen LogP contribution in [0.2, 0.25) is 0 Å². The molecule has 2 rings (SSSR count). The van der Waals surface area contributed by atoms with Crippen molar-refractivity contribution in [3.05, 3.63) is 54.1 Å². The quantitative estimate of drug-likeness (QED) is 0.174. The maximum absolute atomic E-state index is 2.53. The zero-order valence-corrected chi connectivity index (χ0v) is 20.0. The van der Waals surface area contributed by atoms with Gasteiger partial charge in [-0.15, -0.1) is 0 Å². The van der Waals surface area contributed by atoms with Crippen molar-refractivity contribution >= 4 is 0 Å². The van der Waals surface area contributed by atoms with Crippen LogP contribution in [-0.4, -0.2) is 4.57 Å². The highest BCUT2D eigenvalue weighted by molar-refractivity contribution is 5.13. The van der Waals surface area contributed by atoms with Crippen molar-refractivity contribution in [1.82, 2.24) is 4.57 Å². The minimum absolute atomic E-state index is 0.996. The summed E-state index contributed by atoms with van der Waals surface area (Å²) in [5, 5.41) is 0. The Hall–Kier alpha value is -1.57. The van der Waals surface area contributed by atoms with Gasteiger partial charge in [-0.25, -0.2) is 9.13 Å². The Labute approximate surface area is 186 Å². The molecule has 0 aliphatic carbocycles. The number of hydrogen-bond acceptors (Lipinski definition) is 0. The van der Waals surface area contributed by atoms with E-state index in [0.29, 0.717) is 0 Å². The Kier molecular flexibility index (Phi) is 13.3. The zero-order valence-electron chi connectivity index (χ0n) is 20.0. The highest BCUT2D eigenvalue weighted by Gasteiger charge is 2.16. The van der Waals surface area contributed by atoms with E-state index < -0.39 is 0 Å². The van der Waals surface area contributed by atoms with E-state index in [1.807, 2.05) is 0 Å². The summed E-state index contributed by atoms with van der Waals surface area (Å²) >= 11 is 0. The Morgan fingerprint density at radius 2 is 1.23 bits per heavy atom. The van der Waals surface area contributed by atoms with E-state index in [1.54, 1.807) is 0 Å². The molecule has 168 valence electrons. The van der Waals surface area contributed by atoms with Gasteiger partial charge in [0.15, 0.2) is 0 Å². The number of nitrogens with zero attached hydrogens (tertiary/aromatic N) is 2. The maximum Gasteiger partial charge on any atom is 0.256 e. The molecule has 2 aromatic rings. The van der Waals surface area contributed by atoms with Gasteiger partial charge in [0, 0.05) is 6.42 Å². The molecule has 2 heteroatoms. The van der Waals surface area contributed by atoms with Gasteiger partial charge in [-0.2, -0.15) is 0 Å². The summed E-state index contributed by atoms with van der Waals surface area (Å²) in [7, 11) is 0. The molecular weight excluding hydrogens is 364 g/mol. The molecule has 0 saturated heterocycles. The minimum atomic E-state index is 0.996. The molecule has 0 N–H and O–H groups in total. The van der Waals surface area contributed by atoms with Crippen LogP contribution in [0.3, 0.4) is 0 Å². The molecule has 1 aromatic heterocycles. The lowest BCUT2D eigenvalue weighted by molar-refractivity contribution is -0.695. The van der Waals surface area contributed by atoms with Gasteiger partial charge in [-0.05, 0) is 24.8 Å². The molecule has 0 fully saturated rings. The molecule has 1 heterocycles. The van der Waals surface area contributed by atoms with Crippen molar-refractivity contribution in [3.8, 4) is 0 Å². The Morgan fingerprint density at radius 1 is 0.667 bits per heavy atom. The van der Waals surface area contributed by atoms with E-state index in [-0.39, 0.29) is 0 Å². The molecule has 1 aromatic carbocycles. The van der Waals surface area contributed by atoms with Crippen molar-refractivity contribution in [1.29, 1.82) is 0 Å². The Bertz CT molecular complexity index is 644. The van der Waals surface area contributed by atoms with E-state index in [1.165, 1.54) is 114 Å². The second kappa shape index (κ2) is 16.2. The van der Waals surface area contributed by atoms with Crippen LogP contribution in [0.15, 0.2) is 42.7 Å². The molecule has 30 heavy (non-hydrogen) atoms. The fourth-order valence-electron chi connectivity index (χ4n) is 4.39. The SMILES string of the molecule is CCCCCCCCCCCCc1n(CCCCCC)cc[n+]1Cc1ccccc1. The summed E-state index contributed by atoms with van der Waals surface area (Å²) < 4.78 is 5.02. The molecule has 0 aliphatic heterocycles. The molecular formula is C28H47N2+. The number of hydrogen-bond donors (Lipinski definition) is 0. The summed E-state index contributed by atoms with van der Waals surface area (Å²) in [5.41, 5.74) is 1.40. The molecule has 0 aliphatic rings. The number of rotatable bonds is 18. The van der Waals surface area contributed by atoms with E-state index >= 15 is 0 Å². The van der Waals surface area contributed by atoms with Gasteiger partial charge < -0.3 is 0 Å². The van der Waals surface area contributed by atoms with Crippen molar-refractivity contribution in [2.45, 2.75) is 123 Å². The van der Waals surface area contributed by atoms with Crippen LogP contribution < -0.4 is 4.57 Å². The first kappa shape index (κ1) is 24.7. The zero-order chi connectivity index (χ0) is 21.3. The van der Waals surface area contributed by atoms with E-state index in [2.05, 4.69) is 65.7 Å². The lowest BCUT2D eigenvalue weighted by Crippen LogP contribution is -2.37. The summed E-state index contributed by atoms with van der Waals surface area (Å²) in [4.78, 5) is 0. The van der Waals surface area contributed by atoms with Gasteiger partial charge in [0.2, 0.25) is 0 Å². The van der Waals surface area contributed by atoms with Crippen molar-refractivity contribution in [3.63, 3.8) is 0 Å². The maximum atomic E-state index is 2.53. The number of aryl methyl sites for hydroxylation is 1. The third-order valence-corrected chi connectivity index (χ3v) is 6.29. The van der Waals surface area contributed by atoms with Gasteiger partial charge in [0.05, 0.1) is 6.54 Å². The predicted molar refractivity (Wildman–Crippen MR) is 130 cm³/mol. The summed E-state index contributed by atoms with van der Waals surface area (Å²) in [5.74, 6) is 1.52. The van der Waals surface area contributed by atoms with Gasteiger partial charge >= 0.3 is 0 Å². The monoisotopic (exact) mass is 411 g/mol. The average Bonchev–Trinajstić information content (AvgIpc) is 3.14. The lowest BCUT2D eigenvalue weighted by Gasteiger charge is -2.07. The first-order valence-corrected chi connectivity index (χ1v) is 13.0. The van der Waals surface area contributed by atoms with E-state index in [9.17, 15) is 0 Å². The predicted octanol–water partition coefficient (Wildman–Crippen LogP) is 7.87. The smallest absolute Gasteiger partial charge is 0.234 e. The van der Waals surface area contributed by atoms with Gasteiger partial charge in [0.25, 0.3) is 5.82 Å². The van der Waals surface area contributed by atoms with Crippen molar-refractivity contribution < 1.29 is 4.57 Å². The summed E-state index contributed by atoms with van der Waals surface area (Å²) in [6.45, 7) is 6.76. The minimum Gasteiger partial charge on any atom is -0.234 e. The number of imidazole rings is 1. The largest absolute Gasteiger partial charge is 0.256 e. The molecule has 2 nitrogen and oxygen atoms in total. The van der Waals surface area contributed by atoms with Crippen LogP contribution in [0.1, 0.15) is 115 Å². The molecule has 0 atom stereocenters. The van der Waals surface area contributed by atoms with Crippen LogP contribution in [0.4, 0.5) is 0 Å². The molecule has 0 saturated carbocycles. The topological polar surface area (TPSA) is 8.81 Å². The van der Waals surface area contributed by atoms with Crippen molar-refractivity contribution in [2.24, 2.45) is 0 Å². The van der Waals surface area contributed by atoms with Crippen LogP contribution in [-0.2, 0) is 19.5 Å². The van der Waals surface area contributed by atoms with E-state index in [0.717, 1.165) is 6.54 Å². The fraction of sp³-hybridized carbons (Fsp3) is 0.679. The molecule has 0 amide bonds. The standard InChI is InChI=1S/C28H47N2/c1-3-5-7-9-10-11-12-13-14-18-22-28-29(23-19-8-6-4-2)24-25-30(28)26-27-20-16-15-17-21-27/h15-17,20-21,24-25H,3-14,18-19,22-23,26H2,1-2H3/q+1. The lowest BCUT2D eigenvalue weighted by atomic mass is 10.1. The number of unbranched alkanes of at least 4 members (excludes halogenated alkanes) is 12. The van der Waals surface area contributed by atoms with Crippen LogP contribution >= 0.6 is 0 Å². The first-order chi connectivity index (χ1) is 14.8. The molecule has 0 spiro atoms. The average molecular weight is 412 g/mol. The van der Waals surface area contributed by atoms with Gasteiger partial charge in [0.1, 0.15) is 18.9 Å². The third kappa shape index (κ3) is 9.96. The van der Waals surface area contributed by atoms with Crippen molar-refractivity contribution in [2.75, 3.05) is 0 Å². The Balaban J connectivity index is 1.78. The Morgan fingerprint density at radius 3 is 1.87 bits per heavy atom. The van der Waals surface area contributed by atoms with Crippen LogP contribution in [0.25, 0.3) is 0 Å². The second-order valence-electron chi connectivity index (χ2n) is 9.01. The van der Waals surface area contributed by atoms with Gasteiger partial charge in [-0.1, -0.05) is 115 Å². The summed E-state index contributed by atoms with van der Waals surface area (Å²) in [6, 6.07) is 10.9. The number of benzene rings is 1. The van der Waals surface area contributed by atoms with Crippen LogP contribution in [0.5, 0.6) is 0 Å². The number of aromatic nitrogens is 2. The molecule has 0 unspecified atom stereocenters. The highest BCUT2D eigenvalue weighted by atomic mass is 15.1. The van der Waals surface area contributed by atoms with E-state index in [4.69, 9.17) is 0 Å². The van der Waals surface area contributed by atoms with Gasteiger partial charge in [-0.3, -0.25) is 0 Å². The first-order valence-electron chi connectivity index (χ1n) is 13.0. The third-order valence-electron chi connectivity index (χ3n) is 6.29.